The lowest BCUT2D eigenvalue weighted by Gasteiger charge is -2.37. The van der Waals surface area contributed by atoms with E-state index in [0.29, 0.717) is 37.4 Å². The van der Waals surface area contributed by atoms with Crippen molar-refractivity contribution < 1.29 is 22.8 Å². The molecule has 7 nitrogen and oxygen atoms in total. The standard InChI is InChI=1S/C24H26F3N5O2/c1-15(2)23(32-14-28-20-11-18(26)19(27)12-21(20)32)24(34)31-9-7-30(8-10-31)13-22(33)29-17-5-3-16(25)4-6-17/h3-6,11-12,14-15,23H,7-10,13H2,1-2H3,(H,29,33). The summed E-state index contributed by atoms with van der Waals surface area (Å²) in [6.45, 7) is 5.83. The molecule has 2 aromatic carbocycles. The summed E-state index contributed by atoms with van der Waals surface area (Å²) < 4.78 is 42.1. The number of benzene rings is 2. The molecule has 0 radical (unpaired) electrons. The smallest absolute Gasteiger partial charge is 0.246 e. The van der Waals surface area contributed by atoms with E-state index in [2.05, 4.69) is 10.3 Å². The molecule has 0 saturated carbocycles. The second-order valence-corrected chi connectivity index (χ2v) is 8.75. The third-order valence-corrected chi connectivity index (χ3v) is 5.98. The van der Waals surface area contributed by atoms with Gasteiger partial charge in [-0.25, -0.2) is 18.2 Å². The number of rotatable bonds is 6. The highest BCUT2D eigenvalue weighted by atomic mass is 19.2. The van der Waals surface area contributed by atoms with E-state index in [1.54, 1.807) is 9.47 Å². The largest absolute Gasteiger partial charge is 0.338 e. The van der Waals surface area contributed by atoms with Gasteiger partial charge in [-0.15, -0.1) is 0 Å². The summed E-state index contributed by atoms with van der Waals surface area (Å²) in [4.78, 5) is 33.5. The van der Waals surface area contributed by atoms with Gasteiger partial charge in [0.2, 0.25) is 11.8 Å². The molecule has 0 spiro atoms. The molecule has 0 bridgehead atoms. The van der Waals surface area contributed by atoms with Gasteiger partial charge in [0.1, 0.15) is 11.9 Å². The molecule has 2 heterocycles. The maximum Gasteiger partial charge on any atom is 0.246 e. The van der Waals surface area contributed by atoms with E-state index >= 15 is 0 Å². The average molecular weight is 473 g/mol. The second kappa shape index (κ2) is 9.84. The van der Waals surface area contributed by atoms with Crippen LogP contribution in [0.3, 0.4) is 0 Å². The van der Waals surface area contributed by atoms with Crippen molar-refractivity contribution in [2.24, 2.45) is 5.92 Å². The lowest BCUT2D eigenvalue weighted by atomic mass is 10.0. The van der Waals surface area contributed by atoms with Crippen LogP contribution < -0.4 is 5.32 Å². The summed E-state index contributed by atoms with van der Waals surface area (Å²) in [5.41, 5.74) is 1.17. The molecule has 180 valence electrons. The first-order chi connectivity index (χ1) is 16.2. The first-order valence-corrected chi connectivity index (χ1v) is 11.1. The molecular weight excluding hydrogens is 447 g/mol. The van der Waals surface area contributed by atoms with Crippen LogP contribution in [-0.4, -0.2) is 63.9 Å². The predicted octanol–water partition coefficient (Wildman–Crippen LogP) is 3.43. The van der Waals surface area contributed by atoms with Crippen molar-refractivity contribution in [3.8, 4) is 0 Å². The minimum atomic E-state index is -0.989. The minimum Gasteiger partial charge on any atom is -0.338 e. The van der Waals surface area contributed by atoms with Crippen LogP contribution in [0.2, 0.25) is 0 Å². The van der Waals surface area contributed by atoms with E-state index in [1.807, 2.05) is 18.7 Å². The van der Waals surface area contributed by atoms with Crippen molar-refractivity contribution in [3.05, 3.63) is 60.2 Å². The Kier molecular flexibility index (Phi) is 6.87. The maximum absolute atomic E-state index is 13.9. The second-order valence-electron chi connectivity index (χ2n) is 8.75. The number of nitrogens with one attached hydrogen (secondary N) is 1. The van der Waals surface area contributed by atoms with Crippen molar-refractivity contribution in [2.45, 2.75) is 19.9 Å². The molecule has 1 aromatic heterocycles. The van der Waals surface area contributed by atoms with Crippen LogP contribution in [0.5, 0.6) is 0 Å². The maximum atomic E-state index is 13.9. The fraction of sp³-hybridized carbons (Fsp3) is 0.375. The number of hydrogen-bond acceptors (Lipinski definition) is 4. The highest BCUT2D eigenvalue weighted by Crippen LogP contribution is 2.27. The minimum absolute atomic E-state index is 0.113. The highest BCUT2D eigenvalue weighted by Gasteiger charge is 2.32. The fourth-order valence-corrected chi connectivity index (χ4v) is 4.22. The molecule has 4 rings (SSSR count). The third-order valence-electron chi connectivity index (χ3n) is 5.98. The van der Waals surface area contributed by atoms with Gasteiger partial charge in [0.05, 0.1) is 23.9 Å². The average Bonchev–Trinajstić information content (AvgIpc) is 3.18. The number of anilines is 1. The summed E-state index contributed by atoms with van der Waals surface area (Å²) in [5.74, 6) is -2.81. The number of hydrogen-bond donors (Lipinski definition) is 1. The van der Waals surface area contributed by atoms with Gasteiger partial charge in [0.25, 0.3) is 0 Å². The molecule has 1 N–H and O–H groups in total. The van der Waals surface area contributed by atoms with E-state index in [-0.39, 0.29) is 35.6 Å². The van der Waals surface area contributed by atoms with Gasteiger partial charge in [-0.3, -0.25) is 14.5 Å². The van der Waals surface area contributed by atoms with Gasteiger partial charge in [0.15, 0.2) is 11.6 Å². The van der Waals surface area contributed by atoms with Crippen molar-refractivity contribution in [1.29, 1.82) is 0 Å². The van der Waals surface area contributed by atoms with Gasteiger partial charge in [-0.1, -0.05) is 13.8 Å². The van der Waals surface area contributed by atoms with E-state index in [0.717, 1.165) is 12.1 Å². The molecule has 34 heavy (non-hydrogen) atoms. The van der Waals surface area contributed by atoms with Gasteiger partial charge >= 0.3 is 0 Å². The number of aromatic nitrogens is 2. The van der Waals surface area contributed by atoms with Crippen molar-refractivity contribution >= 4 is 28.5 Å². The van der Waals surface area contributed by atoms with E-state index in [4.69, 9.17) is 0 Å². The first kappa shape index (κ1) is 23.7. The quantitative estimate of drug-likeness (QED) is 0.596. The van der Waals surface area contributed by atoms with Gasteiger partial charge in [0, 0.05) is 44.0 Å². The molecule has 1 saturated heterocycles. The number of nitrogens with zero attached hydrogens (tertiary/aromatic N) is 4. The molecule has 10 heteroatoms. The van der Waals surface area contributed by atoms with Crippen LogP contribution in [0, 0.1) is 23.4 Å². The topological polar surface area (TPSA) is 70.5 Å². The molecule has 2 amide bonds. The van der Waals surface area contributed by atoms with Crippen molar-refractivity contribution in [2.75, 3.05) is 38.0 Å². The molecule has 1 atom stereocenters. The van der Waals surface area contributed by atoms with Crippen LogP contribution in [0.4, 0.5) is 18.9 Å². The number of halogens is 3. The van der Waals surface area contributed by atoms with Crippen molar-refractivity contribution in [3.63, 3.8) is 0 Å². The molecular formula is C24H26F3N5O2. The van der Waals surface area contributed by atoms with Gasteiger partial charge in [-0.2, -0.15) is 0 Å². The van der Waals surface area contributed by atoms with Crippen molar-refractivity contribution in [1.82, 2.24) is 19.4 Å². The number of carbonyl (C=O) groups excluding carboxylic acids is 2. The lowest BCUT2D eigenvalue weighted by Crippen LogP contribution is -2.52. The van der Waals surface area contributed by atoms with Gasteiger partial charge in [-0.05, 0) is 30.2 Å². The number of fused-ring (bicyclic) bond motifs is 1. The first-order valence-electron chi connectivity index (χ1n) is 11.1. The Bertz CT molecular complexity index is 1190. The third kappa shape index (κ3) is 5.06. The van der Waals surface area contributed by atoms with E-state index in [1.165, 1.54) is 30.6 Å². The summed E-state index contributed by atoms with van der Waals surface area (Å²) in [6, 6.07) is 7.02. The zero-order chi connectivity index (χ0) is 24.4. The molecule has 1 aliphatic heterocycles. The lowest BCUT2D eigenvalue weighted by molar-refractivity contribution is -0.137. The Labute approximate surface area is 195 Å². The summed E-state index contributed by atoms with van der Waals surface area (Å²) in [5, 5.41) is 2.73. The normalized spacial score (nSPS) is 15.6. The van der Waals surface area contributed by atoms with E-state index < -0.39 is 17.7 Å². The summed E-state index contributed by atoms with van der Waals surface area (Å²) in [7, 11) is 0. The number of carbonyl (C=O) groups is 2. The molecule has 0 aliphatic carbocycles. The molecule has 1 aliphatic rings. The molecule has 3 aromatic rings. The number of amides is 2. The Morgan fingerprint density at radius 3 is 2.29 bits per heavy atom. The van der Waals surface area contributed by atoms with E-state index in [9.17, 15) is 22.8 Å². The highest BCUT2D eigenvalue weighted by molar-refractivity contribution is 5.92. The Morgan fingerprint density at radius 2 is 1.65 bits per heavy atom. The Morgan fingerprint density at radius 1 is 1.00 bits per heavy atom. The zero-order valence-corrected chi connectivity index (χ0v) is 19.0. The monoisotopic (exact) mass is 473 g/mol. The SMILES string of the molecule is CC(C)C(C(=O)N1CCN(CC(=O)Nc2ccc(F)cc2)CC1)n1cnc2cc(F)c(F)cc21. The summed E-state index contributed by atoms with van der Waals surface area (Å²) >= 11 is 0. The van der Waals surface area contributed by atoms with Crippen LogP contribution >= 0.6 is 0 Å². The molecule has 1 fully saturated rings. The van der Waals surface area contributed by atoms with Crippen LogP contribution in [-0.2, 0) is 9.59 Å². The van der Waals surface area contributed by atoms with Crippen LogP contribution in [0.25, 0.3) is 11.0 Å². The van der Waals surface area contributed by atoms with Gasteiger partial charge < -0.3 is 14.8 Å². The van der Waals surface area contributed by atoms with Crippen LogP contribution in [0.1, 0.15) is 19.9 Å². The fourth-order valence-electron chi connectivity index (χ4n) is 4.22. The van der Waals surface area contributed by atoms with Crippen LogP contribution in [0.15, 0.2) is 42.7 Å². The number of piperazine rings is 1. The molecule has 1 unspecified atom stereocenters. The Hall–Kier alpha value is -3.40. The summed E-state index contributed by atoms with van der Waals surface area (Å²) in [6.07, 6.45) is 1.45. The zero-order valence-electron chi connectivity index (χ0n) is 19.0. The predicted molar refractivity (Wildman–Crippen MR) is 122 cm³/mol. The Balaban J connectivity index is 1.39. The number of imidazole rings is 1.